The van der Waals surface area contributed by atoms with Crippen LogP contribution < -0.4 is 0 Å². The van der Waals surface area contributed by atoms with Crippen LogP contribution >= 0.6 is 11.8 Å². The molecular weight excluding hydrogens is 276 g/mol. The van der Waals surface area contributed by atoms with E-state index in [1.807, 2.05) is 24.6 Å². The second kappa shape index (κ2) is 5.70. The van der Waals surface area contributed by atoms with Crippen LogP contribution in [-0.2, 0) is 11.8 Å². The number of carbonyl (C=O) groups is 1. The minimum absolute atomic E-state index is 0.00337. The van der Waals surface area contributed by atoms with Crippen molar-refractivity contribution in [2.45, 2.75) is 31.5 Å². The van der Waals surface area contributed by atoms with Crippen LogP contribution in [0.25, 0.3) is 11.2 Å². The first kappa shape index (κ1) is 14.6. The van der Waals surface area contributed by atoms with Gasteiger partial charge >= 0.3 is 5.97 Å². The number of aryl methyl sites for hydroxylation is 2. The molecule has 0 aliphatic rings. The van der Waals surface area contributed by atoms with Crippen molar-refractivity contribution in [3.63, 3.8) is 0 Å². The highest BCUT2D eigenvalue weighted by Crippen LogP contribution is 2.30. The minimum Gasteiger partial charge on any atom is -0.481 e. The highest BCUT2D eigenvalue weighted by molar-refractivity contribution is 7.99. The van der Waals surface area contributed by atoms with Crippen molar-refractivity contribution in [1.82, 2.24) is 19.3 Å². The summed E-state index contributed by atoms with van der Waals surface area (Å²) < 4.78 is 3.84. The van der Waals surface area contributed by atoms with E-state index in [9.17, 15) is 4.79 Å². The predicted molar refractivity (Wildman–Crippen MR) is 79.1 cm³/mol. The summed E-state index contributed by atoms with van der Waals surface area (Å²) in [6.07, 6.45) is 2.64. The number of hydrogen-bond acceptors (Lipinski definition) is 4. The zero-order chi connectivity index (χ0) is 14.9. The SMILES string of the molecule is C=CCC(C)n1c(SCC(=O)O)nc2c(C)nn(C)c21. The first-order valence-corrected chi connectivity index (χ1v) is 7.31. The van der Waals surface area contributed by atoms with Gasteiger partial charge in [0.1, 0.15) is 5.52 Å². The summed E-state index contributed by atoms with van der Waals surface area (Å²) in [5, 5.41) is 13.9. The van der Waals surface area contributed by atoms with E-state index in [-0.39, 0.29) is 11.8 Å². The van der Waals surface area contributed by atoms with Crippen LogP contribution in [0.4, 0.5) is 0 Å². The Morgan fingerprint density at radius 3 is 2.90 bits per heavy atom. The fraction of sp³-hybridized carbons (Fsp3) is 0.462. The zero-order valence-corrected chi connectivity index (χ0v) is 12.6. The Kier molecular flexibility index (Phi) is 4.17. The number of allylic oxidation sites excluding steroid dienone is 1. The number of imidazole rings is 1. The van der Waals surface area contributed by atoms with E-state index in [1.165, 1.54) is 11.8 Å². The average molecular weight is 294 g/mol. The number of nitrogens with zero attached hydrogens (tertiary/aromatic N) is 4. The molecule has 0 fully saturated rings. The molecule has 2 rings (SSSR count). The lowest BCUT2D eigenvalue weighted by atomic mass is 10.2. The molecule has 2 heterocycles. The number of aliphatic carboxylic acids is 1. The maximum absolute atomic E-state index is 10.8. The number of hydrogen-bond donors (Lipinski definition) is 1. The van der Waals surface area contributed by atoms with Crippen molar-refractivity contribution in [2.75, 3.05) is 5.75 Å². The molecule has 0 saturated carbocycles. The average Bonchev–Trinajstić information content (AvgIpc) is 2.86. The molecule has 2 aromatic heterocycles. The van der Waals surface area contributed by atoms with Gasteiger partial charge in [-0.25, -0.2) is 4.98 Å². The molecular formula is C13H18N4O2S. The Balaban J connectivity index is 2.54. The number of aromatic nitrogens is 4. The Bertz CT molecular complexity index is 659. The fourth-order valence-electron chi connectivity index (χ4n) is 2.25. The second-order valence-electron chi connectivity index (χ2n) is 4.70. The smallest absolute Gasteiger partial charge is 0.313 e. The van der Waals surface area contributed by atoms with E-state index in [2.05, 4.69) is 23.6 Å². The summed E-state index contributed by atoms with van der Waals surface area (Å²) >= 11 is 1.23. The van der Waals surface area contributed by atoms with Gasteiger partial charge in [0.15, 0.2) is 10.8 Å². The number of carboxylic acids is 1. The first-order chi connectivity index (χ1) is 9.45. The maximum Gasteiger partial charge on any atom is 0.313 e. The van der Waals surface area contributed by atoms with Gasteiger partial charge in [-0.05, 0) is 20.3 Å². The van der Waals surface area contributed by atoms with Gasteiger partial charge in [0.2, 0.25) is 0 Å². The number of thioether (sulfide) groups is 1. The molecule has 1 unspecified atom stereocenters. The lowest BCUT2D eigenvalue weighted by Gasteiger charge is -2.15. The zero-order valence-electron chi connectivity index (χ0n) is 11.8. The molecule has 2 aromatic rings. The van der Waals surface area contributed by atoms with E-state index in [0.717, 1.165) is 23.3 Å². The van der Waals surface area contributed by atoms with Gasteiger partial charge in [-0.3, -0.25) is 9.48 Å². The van der Waals surface area contributed by atoms with Gasteiger partial charge in [0.25, 0.3) is 0 Å². The fourth-order valence-corrected chi connectivity index (χ4v) is 3.06. The first-order valence-electron chi connectivity index (χ1n) is 6.32. The lowest BCUT2D eigenvalue weighted by Crippen LogP contribution is -2.10. The van der Waals surface area contributed by atoms with Crippen molar-refractivity contribution in [2.24, 2.45) is 7.05 Å². The van der Waals surface area contributed by atoms with Crippen LogP contribution in [0.15, 0.2) is 17.8 Å². The number of carboxylic acid groups (broad SMARTS) is 1. The topological polar surface area (TPSA) is 72.9 Å². The molecule has 0 radical (unpaired) electrons. The molecule has 0 spiro atoms. The Labute approximate surface area is 121 Å². The molecule has 6 nitrogen and oxygen atoms in total. The van der Waals surface area contributed by atoms with E-state index in [0.29, 0.717) is 5.16 Å². The standard InChI is InChI=1S/C13H18N4O2S/c1-5-6-8(2)17-12-11(9(3)15-16(12)4)14-13(17)20-7-10(18)19/h5,8H,1,6-7H2,2-4H3,(H,18,19). The highest BCUT2D eigenvalue weighted by Gasteiger charge is 2.21. The number of rotatable bonds is 6. The van der Waals surface area contributed by atoms with Crippen LogP contribution in [0.2, 0.25) is 0 Å². The van der Waals surface area contributed by atoms with E-state index in [4.69, 9.17) is 5.11 Å². The highest BCUT2D eigenvalue weighted by atomic mass is 32.2. The van der Waals surface area contributed by atoms with Crippen molar-refractivity contribution < 1.29 is 9.90 Å². The molecule has 1 N–H and O–H groups in total. The summed E-state index contributed by atoms with van der Waals surface area (Å²) in [6.45, 7) is 7.74. The number of fused-ring (bicyclic) bond motifs is 1. The molecule has 20 heavy (non-hydrogen) atoms. The predicted octanol–water partition coefficient (Wildman–Crippen LogP) is 2.39. The monoisotopic (exact) mass is 294 g/mol. The quantitative estimate of drug-likeness (QED) is 0.654. The van der Waals surface area contributed by atoms with Crippen molar-refractivity contribution >= 4 is 28.9 Å². The van der Waals surface area contributed by atoms with Gasteiger partial charge < -0.3 is 9.67 Å². The van der Waals surface area contributed by atoms with Gasteiger partial charge in [-0.1, -0.05) is 17.8 Å². The molecule has 1 atom stereocenters. The molecule has 108 valence electrons. The third kappa shape index (κ3) is 2.58. The lowest BCUT2D eigenvalue weighted by molar-refractivity contribution is -0.133. The van der Waals surface area contributed by atoms with Crippen LogP contribution in [0.3, 0.4) is 0 Å². The van der Waals surface area contributed by atoms with E-state index in [1.54, 1.807) is 4.68 Å². The molecule has 0 bridgehead atoms. The van der Waals surface area contributed by atoms with Gasteiger partial charge in [0.05, 0.1) is 11.4 Å². The van der Waals surface area contributed by atoms with E-state index < -0.39 is 5.97 Å². The summed E-state index contributed by atoms with van der Waals surface area (Å²) in [5.41, 5.74) is 2.60. The van der Waals surface area contributed by atoms with Gasteiger partial charge in [0, 0.05) is 13.1 Å². The molecule has 0 aliphatic carbocycles. The normalized spacial score (nSPS) is 12.8. The minimum atomic E-state index is -0.847. The summed E-state index contributed by atoms with van der Waals surface area (Å²) in [5.74, 6) is -0.851. The Hall–Kier alpha value is -1.76. The largest absolute Gasteiger partial charge is 0.481 e. The molecule has 0 saturated heterocycles. The van der Waals surface area contributed by atoms with Gasteiger partial charge in [-0.2, -0.15) is 5.10 Å². The molecule has 7 heteroatoms. The van der Waals surface area contributed by atoms with Crippen LogP contribution in [0.5, 0.6) is 0 Å². The second-order valence-corrected chi connectivity index (χ2v) is 5.64. The van der Waals surface area contributed by atoms with Crippen LogP contribution in [0, 0.1) is 6.92 Å². The van der Waals surface area contributed by atoms with Crippen molar-refractivity contribution in [1.29, 1.82) is 0 Å². The van der Waals surface area contributed by atoms with Crippen molar-refractivity contribution in [3.05, 3.63) is 18.3 Å². The Morgan fingerprint density at radius 1 is 1.60 bits per heavy atom. The molecule has 0 aliphatic heterocycles. The summed E-state index contributed by atoms with van der Waals surface area (Å²) in [7, 11) is 1.87. The van der Waals surface area contributed by atoms with Crippen molar-refractivity contribution in [3.8, 4) is 0 Å². The summed E-state index contributed by atoms with van der Waals surface area (Å²) in [6, 6.07) is 0.156. The van der Waals surface area contributed by atoms with E-state index >= 15 is 0 Å². The molecule has 0 aromatic carbocycles. The third-order valence-corrected chi connectivity index (χ3v) is 4.01. The van der Waals surface area contributed by atoms with Crippen LogP contribution in [0.1, 0.15) is 25.1 Å². The van der Waals surface area contributed by atoms with Gasteiger partial charge in [-0.15, -0.1) is 6.58 Å². The Morgan fingerprint density at radius 2 is 2.30 bits per heavy atom. The summed E-state index contributed by atoms with van der Waals surface area (Å²) in [4.78, 5) is 15.3. The maximum atomic E-state index is 10.8. The van der Waals surface area contributed by atoms with Crippen LogP contribution in [-0.4, -0.2) is 36.2 Å². The molecule has 0 amide bonds. The third-order valence-electron chi connectivity index (χ3n) is 3.08.